The highest BCUT2D eigenvalue weighted by Crippen LogP contribution is 2.35. The Morgan fingerprint density at radius 1 is 1.10 bits per heavy atom. The number of hydrogen-bond acceptors (Lipinski definition) is 6. The second-order valence-corrected chi connectivity index (χ2v) is 7.88. The number of benzene rings is 2. The second-order valence-electron chi connectivity index (χ2n) is 6.87. The number of carbonyl (C=O) groups is 1. The molecule has 0 aliphatic heterocycles. The summed E-state index contributed by atoms with van der Waals surface area (Å²) in [4.78, 5) is 22.0. The molecule has 0 N–H and O–H groups in total. The molecule has 162 valence electrons. The van der Waals surface area contributed by atoms with E-state index in [4.69, 9.17) is 14.5 Å². The highest BCUT2D eigenvalue weighted by molar-refractivity contribution is 7.22. The van der Waals surface area contributed by atoms with Gasteiger partial charge in [-0.1, -0.05) is 17.4 Å². The van der Waals surface area contributed by atoms with E-state index in [0.29, 0.717) is 23.8 Å². The summed E-state index contributed by atoms with van der Waals surface area (Å²) in [6.45, 7) is 4.00. The van der Waals surface area contributed by atoms with Gasteiger partial charge in [-0.15, -0.1) is 12.4 Å². The largest absolute Gasteiger partial charge is 0.497 e. The van der Waals surface area contributed by atoms with Crippen molar-refractivity contribution in [3.8, 4) is 11.5 Å². The van der Waals surface area contributed by atoms with Gasteiger partial charge in [0.2, 0.25) is 0 Å². The van der Waals surface area contributed by atoms with Gasteiger partial charge < -0.3 is 14.4 Å². The third-order valence-corrected chi connectivity index (χ3v) is 5.51. The van der Waals surface area contributed by atoms with Gasteiger partial charge in [-0.05, 0) is 70.4 Å². The van der Waals surface area contributed by atoms with Gasteiger partial charge in [0.25, 0.3) is 5.91 Å². The van der Waals surface area contributed by atoms with Crippen LogP contribution in [0.1, 0.15) is 23.7 Å². The number of ether oxygens (including phenoxy) is 2. The SMILES string of the molecule is CCOc1cccc2sc(N(CCCN(C)C)C(=O)c3ccc(OC)cc3)nc12.Cl. The Bertz CT molecular complexity index is 960. The minimum atomic E-state index is -0.0663. The minimum absolute atomic E-state index is 0. The van der Waals surface area contributed by atoms with Gasteiger partial charge in [0, 0.05) is 12.1 Å². The standard InChI is InChI=1S/C22H27N3O3S.ClH/c1-5-28-18-8-6-9-19-20(18)23-22(29-19)25(15-7-14-24(2)3)21(26)16-10-12-17(27-4)13-11-16;/h6,8-13H,5,7,14-15H2,1-4H3;1H. The van der Waals surface area contributed by atoms with E-state index in [1.165, 1.54) is 11.3 Å². The lowest BCUT2D eigenvalue weighted by Gasteiger charge is -2.21. The molecule has 0 atom stereocenters. The van der Waals surface area contributed by atoms with E-state index in [0.717, 1.165) is 34.7 Å². The Balaban J connectivity index is 0.00000320. The summed E-state index contributed by atoms with van der Waals surface area (Å²) in [7, 11) is 5.67. The molecule has 1 amide bonds. The van der Waals surface area contributed by atoms with E-state index < -0.39 is 0 Å². The zero-order valence-electron chi connectivity index (χ0n) is 17.8. The van der Waals surface area contributed by atoms with Crippen molar-refractivity contribution in [2.24, 2.45) is 0 Å². The van der Waals surface area contributed by atoms with Crippen molar-refractivity contribution in [2.75, 3.05) is 45.8 Å². The summed E-state index contributed by atoms with van der Waals surface area (Å²) >= 11 is 1.51. The molecule has 8 heteroatoms. The molecule has 0 aliphatic rings. The van der Waals surface area contributed by atoms with E-state index >= 15 is 0 Å². The third-order valence-electron chi connectivity index (χ3n) is 4.47. The molecule has 0 fully saturated rings. The maximum Gasteiger partial charge on any atom is 0.260 e. The van der Waals surface area contributed by atoms with Crippen molar-refractivity contribution in [2.45, 2.75) is 13.3 Å². The lowest BCUT2D eigenvalue weighted by molar-refractivity contribution is 0.0986. The molecule has 0 aliphatic carbocycles. The number of amides is 1. The summed E-state index contributed by atoms with van der Waals surface area (Å²) in [6.07, 6.45) is 0.850. The first-order chi connectivity index (χ1) is 14.0. The van der Waals surface area contributed by atoms with E-state index in [9.17, 15) is 4.79 Å². The van der Waals surface area contributed by atoms with Crippen LogP contribution in [-0.2, 0) is 0 Å². The number of fused-ring (bicyclic) bond motifs is 1. The average molecular weight is 450 g/mol. The lowest BCUT2D eigenvalue weighted by atomic mass is 10.2. The quantitative estimate of drug-likeness (QED) is 0.473. The number of halogens is 1. The van der Waals surface area contributed by atoms with Gasteiger partial charge >= 0.3 is 0 Å². The van der Waals surface area contributed by atoms with Crippen LogP contribution in [0.25, 0.3) is 10.2 Å². The number of methoxy groups -OCH3 is 1. The molecule has 0 saturated carbocycles. The van der Waals surface area contributed by atoms with Gasteiger partial charge in [0.1, 0.15) is 17.0 Å². The number of hydrogen-bond donors (Lipinski definition) is 0. The predicted molar refractivity (Wildman–Crippen MR) is 126 cm³/mol. The van der Waals surface area contributed by atoms with Crippen LogP contribution in [0, 0.1) is 0 Å². The molecule has 3 aromatic rings. The fraction of sp³-hybridized carbons (Fsp3) is 0.364. The zero-order chi connectivity index (χ0) is 20.8. The van der Waals surface area contributed by atoms with Gasteiger partial charge in [0.05, 0.1) is 18.4 Å². The molecule has 6 nitrogen and oxygen atoms in total. The molecule has 0 unspecified atom stereocenters. The first-order valence-corrected chi connectivity index (χ1v) is 10.5. The molecule has 1 heterocycles. The molecule has 30 heavy (non-hydrogen) atoms. The van der Waals surface area contributed by atoms with E-state index in [2.05, 4.69) is 4.90 Å². The molecular formula is C22H28ClN3O3S. The van der Waals surface area contributed by atoms with Crippen LogP contribution in [0.15, 0.2) is 42.5 Å². The van der Waals surface area contributed by atoms with Crippen molar-refractivity contribution in [1.29, 1.82) is 0 Å². The van der Waals surface area contributed by atoms with Crippen molar-refractivity contribution >= 4 is 45.0 Å². The average Bonchev–Trinajstić information content (AvgIpc) is 3.16. The second kappa shape index (κ2) is 11.2. The van der Waals surface area contributed by atoms with Crippen molar-refractivity contribution in [1.82, 2.24) is 9.88 Å². The monoisotopic (exact) mass is 449 g/mol. The maximum atomic E-state index is 13.3. The molecule has 3 rings (SSSR count). The van der Waals surface area contributed by atoms with Crippen molar-refractivity contribution in [3.05, 3.63) is 48.0 Å². The van der Waals surface area contributed by atoms with Crippen LogP contribution in [0.5, 0.6) is 11.5 Å². The van der Waals surface area contributed by atoms with Crippen LogP contribution in [0.3, 0.4) is 0 Å². The number of anilines is 1. The summed E-state index contributed by atoms with van der Waals surface area (Å²) in [6, 6.07) is 13.1. The first kappa shape index (κ1) is 23.9. The predicted octanol–water partition coefficient (Wildman–Crippen LogP) is 4.72. The van der Waals surface area contributed by atoms with Crippen LogP contribution in [-0.4, -0.2) is 56.7 Å². The Labute approximate surface area is 187 Å². The third kappa shape index (κ3) is 5.62. The fourth-order valence-electron chi connectivity index (χ4n) is 3.02. The highest BCUT2D eigenvalue weighted by Gasteiger charge is 2.22. The molecule has 0 spiro atoms. The topological polar surface area (TPSA) is 54.9 Å². The normalized spacial score (nSPS) is 10.7. The minimum Gasteiger partial charge on any atom is -0.497 e. The van der Waals surface area contributed by atoms with Crippen LogP contribution in [0.2, 0.25) is 0 Å². The summed E-state index contributed by atoms with van der Waals surface area (Å²) < 4.78 is 11.9. The fourth-order valence-corrected chi connectivity index (χ4v) is 4.03. The number of para-hydroxylation sites is 1. The molecular weight excluding hydrogens is 422 g/mol. The number of rotatable bonds is 9. The Kier molecular flexibility index (Phi) is 8.89. The van der Waals surface area contributed by atoms with E-state index in [-0.39, 0.29) is 18.3 Å². The molecule has 0 radical (unpaired) electrons. The van der Waals surface area contributed by atoms with Gasteiger partial charge in [-0.2, -0.15) is 0 Å². The van der Waals surface area contributed by atoms with Crippen LogP contribution < -0.4 is 14.4 Å². The Morgan fingerprint density at radius 3 is 2.47 bits per heavy atom. The zero-order valence-corrected chi connectivity index (χ0v) is 19.4. The van der Waals surface area contributed by atoms with Crippen LogP contribution >= 0.6 is 23.7 Å². The smallest absolute Gasteiger partial charge is 0.260 e. The van der Waals surface area contributed by atoms with E-state index in [1.54, 1.807) is 36.3 Å². The molecule has 0 saturated heterocycles. The Hall–Kier alpha value is -2.35. The van der Waals surface area contributed by atoms with Crippen LogP contribution in [0.4, 0.5) is 5.13 Å². The first-order valence-electron chi connectivity index (χ1n) is 9.66. The van der Waals surface area contributed by atoms with Crippen molar-refractivity contribution in [3.63, 3.8) is 0 Å². The van der Waals surface area contributed by atoms with Gasteiger partial charge in [-0.25, -0.2) is 4.98 Å². The highest BCUT2D eigenvalue weighted by atomic mass is 35.5. The summed E-state index contributed by atoms with van der Waals surface area (Å²) in [5.74, 6) is 1.41. The number of nitrogens with zero attached hydrogens (tertiary/aromatic N) is 3. The van der Waals surface area contributed by atoms with Crippen molar-refractivity contribution < 1.29 is 14.3 Å². The summed E-state index contributed by atoms with van der Waals surface area (Å²) in [5, 5.41) is 0.687. The molecule has 2 aromatic carbocycles. The maximum absolute atomic E-state index is 13.3. The van der Waals surface area contributed by atoms with E-state index in [1.807, 2.05) is 39.2 Å². The summed E-state index contributed by atoms with van der Waals surface area (Å²) in [5.41, 5.74) is 1.41. The molecule has 1 aromatic heterocycles. The number of thiazole rings is 1. The lowest BCUT2D eigenvalue weighted by Crippen LogP contribution is -2.33. The Morgan fingerprint density at radius 2 is 1.83 bits per heavy atom. The van der Waals surface area contributed by atoms with Gasteiger partial charge in [0.15, 0.2) is 5.13 Å². The number of carbonyl (C=O) groups excluding carboxylic acids is 1. The number of aromatic nitrogens is 1. The molecule has 0 bridgehead atoms. The van der Waals surface area contributed by atoms with Gasteiger partial charge in [-0.3, -0.25) is 9.69 Å².